The van der Waals surface area contributed by atoms with Gasteiger partial charge in [0.05, 0.1) is 23.6 Å². The summed E-state index contributed by atoms with van der Waals surface area (Å²) >= 11 is 0. The molecule has 0 radical (unpaired) electrons. The lowest BCUT2D eigenvalue weighted by Crippen LogP contribution is -2.29. The van der Waals surface area contributed by atoms with Gasteiger partial charge in [-0.05, 0) is 62.7 Å². The van der Waals surface area contributed by atoms with E-state index in [0.29, 0.717) is 5.92 Å². The molecule has 3 aromatic rings. The van der Waals surface area contributed by atoms with E-state index in [1.54, 1.807) is 6.33 Å². The minimum atomic E-state index is 0.524. The first-order chi connectivity index (χ1) is 12.3. The molecule has 0 unspecified atom stereocenters. The Morgan fingerprint density at radius 3 is 2.68 bits per heavy atom. The van der Waals surface area contributed by atoms with E-state index in [1.165, 1.54) is 10.9 Å². The Kier molecular flexibility index (Phi) is 4.19. The second kappa shape index (κ2) is 6.64. The maximum atomic E-state index is 10.8. The second-order valence-corrected chi connectivity index (χ2v) is 6.62. The molecule has 0 aliphatic carbocycles. The molecule has 1 aromatic carbocycles. The third-order valence-corrected chi connectivity index (χ3v) is 5.04. The molecular formula is C19H21N5O. The molecule has 25 heavy (non-hydrogen) atoms. The van der Waals surface area contributed by atoms with E-state index in [0.717, 1.165) is 49.2 Å². The van der Waals surface area contributed by atoms with Gasteiger partial charge in [-0.3, -0.25) is 4.79 Å². The fraction of sp³-hybridized carbons (Fsp3) is 0.316. The van der Waals surface area contributed by atoms with Gasteiger partial charge in [0.2, 0.25) is 6.41 Å². The zero-order chi connectivity index (χ0) is 17.2. The quantitative estimate of drug-likeness (QED) is 0.745. The molecule has 1 saturated heterocycles. The summed E-state index contributed by atoms with van der Waals surface area (Å²) in [6.45, 7) is 2.22. The molecule has 4 rings (SSSR count). The van der Waals surface area contributed by atoms with Crippen LogP contribution >= 0.6 is 0 Å². The minimum absolute atomic E-state index is 0.524. The van der Waals surface area contributed by atoms with Crippen molar-refractivity contribution in [3.63, 3.8) is 0 Å². The van der Waals surface area contributed by atoms with Gasteiger partial charge < -0.3 is 14.8 Å². The summed E-state index contributed by atoms with van der Waals surface area (Å²) in [6.07, 6.45) is 10.4. The Morgan fingerprint density at radius 1 is 1.20 bits per heavy atom. The number of hydrogen-bond acceptors (Lipinski definition) is 4. The van der Waals surface area contributed by atoms with Crippen molar-refractivity contribution in [1.29, 1.82) is 0 Å². The average Bonchev–Trinajstić information content (AvgIpc) is 3.02. The second-order valence-electron chi connectivity index (χ2n) is 6.62. The lowest BCUT2D eigenvalue weighted by molar-refractivity contribution is -0.105. The van der Waals surface area contributed by atoms with Crippen LogP contribution < -0.4 is 5.32 Å². The van der Waals surface area contributed by atoms with E-state index < -0.39 is 0 Å². The molecular weight excluding hydrogens is 314 g/mol. The lowest BCUT2D eigenvalue weighted by atomic mass is 9.89. The first-order valence-electron chi connectivity index (χ1n) is 8.55. The molecule has 128 valence electrons. The zero-order valence-electron chi connectivity index (χ0n) is 14.2. The summed E-state index contributed by atoms with van der Waals surface area (Å²) < 4.78 is 2.15. The van der Waals surface area contributed by atoms with Crippen LogP contribution in [-0.2, 0) is 4.79 Å². The predicted molar refractivity (Wildman–Crippen MR) is 98.0 cm³/mol. The van der Waals surface area contributed by atoms with Gasteiger partial charge in [0, 0.05) is 17.3 Å². The largest absolute Gasteiger partial charge is 0.329 e. The first kappa shape index (κ1) is 15.8. The van der Waals surface area contributed by atoms with Crippen LogP contribution in [0.1, 0.15) is 24.3 Å². The summed E-state index contributed by atoms with van der Waals surface area (Å²) in [4.78, 5) is 21.5. The van der Waals surface area contributed by atoms with Gasteiger partial charge in [0.1, 0.15) is 6.33 Å². The molecule has 1 aliphatic rings. The summed E-state index contributed by atoms with van der Waals surface area (Å²) in [5.74, 6) is 0.524. The van der Waals surface area contributed by atoms with Crippen molar-refractivity contribution in [2.45, 2.75) is 18.8 Å². The highest BCUT2D eigenvalue weighted by atomic mass is 16.1. The minimum Gasteiger partial charge on any atom is -0.329 e. The number of nitrogens with one attached hydrogen (secondary N) is 1. The number of carbonyl (C=O) groups excluding carboxylic acids is 1. The number of hydrogen-bond donors (Lipinski definition) is 1. The van der Waals surface area contributed by atoms with Gasteiger partial charge in [-0.2, -0.15) is 0 Å². The summed E-state index contributed by atoms with van der Waals surface area (Å²) in [5, 5.41) is 3.95. The van der Waals surface area contributed by atoms with Gasteiger partial charge in [0.15, 0.2) is 0 Å². The Labute approximate surface area is 146 Å². The number of carbonyl (C=O) groups is 1. The van der Waals surface area contributed by atoms with Crippen molar-refractivity contribution in [3.8, 4) is 5.69 Å². The van der Waals surface area contributed by atoms with Crippen molar-refractivity contribution in [2.75, 3.05) is 25.5 Å². The van der Waals surface area contributed by atoms with Crippen LogP contribution in [0.5, 0.6) is 0 Å². The number of nitrogens with zero attached hydrogens (tertiary/aromatic N) is 4. The third-order valence-electron chi connectivity index (χ3n) is 5.04. The number of likely N-dealkylation sites (tertiary alicyclic amines) is 1. The Balaban J connectivity index is 1.85. The average molecular weight is 335 g/mol. The van der Waals surface area contributed by atoms with Crippen LogP contribution in [0.25, 0.3) is 16.6 Å². The maximum Gasteiger partial charge on any atom is 0.211 e. The monoisotopic (exact) mass is 335 g/mol. The highest BCUT2D eigenvalue weighted by molar-refractivity contribution is 5.90. The smallest absolute Gasteiger partial charge is 0.211 e. The van der Waals surface area contributed by atoms with Gasteiger partial charge in [-0.25, -0.2) is 9.97 Å². The van der Waals surface area contributed by atoms with Crippen molar-refractivity contribution < 1.29 is 4.79 Å². The highest BCUT2D eigenvalue weighted by Gasteiger charge is 2.23. The topological polar surface area (TPSA) is 63.1 Å². The van der Waals surface area contributed by atoms with Crippen LogP contribution in [-0.4, -0.2) is 46.0 Å². The number of anilines is 1. The molecule has 0 saturated carbocycles. The first-order valence-corrected chi connectivity index (χ1v) is 8.55. The molecule has 1 fully saturated rings. The van der Waals surface area contributed by atoms with E-state index in [-0.39, 0.29) is 0 Å². The summed E-state index contributed by atoms with van der Waals surface area (Å²) in [5.41, 5.74) is 4.21. The fourth-order valence-corrected chi connectivity index (χ4v) is 3.69. The van der Waals surface area contributed by atoms with E-state index >= 15 is 0 Å². The van der Waals surface area contributed by atoms with Crippen molar-refractivity contribution in [3.05, 3.63) is 48.7 Å². The number of benzene rings is 1. The molecule has 0 spiro atoms. The Morgan fingerprint density at radius 2 is 1.96 bits per heavy atom. The van der Waals surface area contributed by atoms with Crippen LogP contribution in [0, 0.1) is 0 Å². The van der Waals surface area contributed by atoms with Gasteiger partial charge in [-0.15, -0.1) is 0 Å². The van der Waals surface area contributed by atoms with Crippen LogP contribution in [0.2, 0.25) is 0 Å². The molecule has 3 heterocycles. The highest BCUT2D eigenvalue weighted by Crippen LogP contribution is 2.36. The normalized spacial score (nSPS) is 16.2. The molecule has 1 amide bonds. The summed E-state index contributed by atoms with van der Waals surface area (Å²) in [6, 6.07) is 6.04. The van der Waals surface area contributed by atoms with E-state index in [4.69, 9.17) is 0 Å². The van der Waals surface area contributed by atoms with Crippen LogP contribution in [0.15, 0.2) is 43.1 Å². The molecule has 0 bridgehead atoms. The number of aromatic nitrogens is 3. The van der Waals surface area contributed by atoms with Crippen LogP contribution in [0.3, 0.4) is 0 Å². The predicted octanol–water partition coefficient (Wildman–Crippen LogP) is 2.80. The molecule has 1 aliphatic heterocycles. The number of piperidine rings is 1. The van der Waals surface area contributed by atoms with Crippen molar-refractivity contribution >= 4 is 23.0 Å². The number of fused-ring (bicyclic) bond motifs is 1. The standard InChI is InChI=1S/C19H21N5O/c1-23-6-4-14(5-7-23)18-11-24(16-9-20-12-21-10-16)19-3-2-15(22-13-25)8-17(18)19/h2-3,8-14H,4-7H2,1H3,(H,22,25). The van der Waals surface area contributed by atoms with E-state index in [1.807, 2.05) is 24.5 Å². The number of rotatable bonds is 4. The maximum absolute atomic E-state index is 10.8. The Bertz CT molecular complexity index is 881. The Hall–Kier alpha value is -2.73. The van der Waals surface area contributed by atoms with Gasteiger partial charge in [0.25, 0.3) is 0 Å². The molecule has 0 atom stereocenters. The van der Waals surface area contributed by atoms with E-state index in [9.17, 15) is 4.79 Å². The van der Waals surface area contributed by atoms with Crippen molar-refractivity contribution in [1.82, 2.24) is 19.4 Å². The van der Waals surface area contributed by atoms with Gasteiger partial charge in [-0.1, -0.05) is 0 Å². The fourth-order valence-electron chi connectivity index (χ4n) is 3.69. The third kappa shape index (κ3) is 3.00. The van der Waals surface area contributed by atoms with Gasteiger partial charge >= 0.3 is 0 Å². The molecule has 6 heteroatoms. The lowest BCUT2D eigenvalue weighted by Gasteiger charge is -2.28. The zero-order valence-corrected chi connectivity index (χ0v) is 14.2. The molecule has 1 N–H and O–H groups in total. The summed E-state index contributed by atoms with van der Waals surface area (Å²) in [7, 11) is 2.17. The van der Waals surface area contributed by atoms with E-state index in [2.05, 4.69) is 44.1 Å². The number of amides is 1. The van der Waals surface area contributed by atoms with Crippen molar-refractivity contribution in [2.24, 2.45) is 0 Å². The molecule has 2 aromatic heterocycles. The molecule has 6 nitrogen and oxygen atoms in total. The SMILES string of the molecule is CN1CCC(c2cn(-c3cncnc3)c3ccc(NC=O)cc23)CC1. The van der Waals surface area contributed by atoms with Crippen LogP contribution in [0.4, 0.5) is 5.69 Å².